The van der Waals surface area contributed by atoms with Gasteiger partial charge in [-0.2, -0.15) is 0 Å². The van der Waals surface area contributed by atoms with E-state index in [1.807, 2.05) is 12.1 Å². The summed E-state index contributed by atoms with van der Waals surface area (Å²) in [6, 6.07) is 8.08. The molecule has 1 rings (SSSR count). The number of aliphatic hydroxyl groups excluding tert-OH is 1. The number of nitrogens with zero attached hydrogens (tertiary/aromatic N) is 1. The number of likely N-dealkylation sites (N-methyl/N-ethyl adjacent to an activating group) is 1. The van der Waals surface area contributed by atoms with E-state index in [2.05, 4.69) is 36.2 Å². The molecule has 1 aromatic rings. The van der Waals surface area contributed by atoms with Crippen LogP contribution in [0.1, 0.15) is 25.0 Å². The number of nitrogens with one attached hydrogen (secondary N) is 1. The predicted molar refractivity (Wildman–Crippen MR) is 71.9 cm³/mol. The van der Waals surface area contributed by atoms with Crippen LogP contribution in [0.4, 0.5) is 0 Å². The molecule has 0 aliphatic rings. The molecule has 0 radical (unpaired) electrons. The van der Waals surface area contributed by atoms with Gasteiger partial charge < -0.3 is 15.3 Å². The topological polar surface area (TPSA) is 35.5 Å². The van der Waals surface area contributed by atoms with Gasteiger partial charge in [-0.1, -0.05) is 38.1 Å². The summed E-state index contributed by atoms with van der Waals surface area (Å²) in [5, 5.41) is 12.4. The van der Waals surface area contributed by atoms with Crippen molar-refractivity contribution in [1.29, 1.82) is 0 Å². The second kappa shape index (κ2) is 8.23. The second-order valence-electron chi connectivity index (χ2n) is 4.18. The van der Waals surface area contributed by atoms with Crippen LogP contribution >= 0.6 is 0 Å². The van der Waals surface area contributed by atoms with E-state index in [-0.39, 0.29) is 6.61 Å². The lowest BCUT2D eigenvalue weighted by molar-refractivity contribution is 0.282. The molecule has 1 aromatic carbocycles. The van der Waals surface area contributed by atoms with Crippen LogP contribution in [0.3, 0.4) is 0 Å². The number of hydrogen-bond donors (Lipinski definition) is 2. The van der Waals surface area contributed by atoms with Crippen molar-refractivity contribution in [2.45, 2.75) is 27.0 Å². The molecule has 0 heterocycles. The van der Waals surface area contributed by atoms with Crippen molar-refractivity contribution in [1.82, 2.24) is 10.2 Å². The Labute approximate surface area is 104 Å². The first kappa shape index (κ1) is 14.2. The number of rotatable bonds is 8. The molecule has 3 heteroatoms. The highest BCUT2D eigenvalue weighted by Gasteiger charge is 1.98. The molecule has 0 saturated carbocycles. The maximum Gasteiger partial charge on any atom is 0.0681 e. The van der Waals surface area contributed by atoms with Crippen LogP contribution in [-0.2, 0) is 13.2 Å². The summed E-state index contributed by atoms with van der Waals surface area (Å²) in [6.45, 7) is 9.74. The van der Waals surface area contributed by atoms with Gasteiger partial charge in [-0.25, -0.2) is 0 Å². The molecule has 0 saturated heterocycles. The fraction of sp³-hybridized carbons (Fsp3) is 0.571. The molecule has 0 spiro atoms. The van der Waals surface area contributed by atoms with E-state index in [0.717, 1.165) is 38.3 Å². The molecule has 96 valence electrons. The van der Waals surface area contributed by atoms with Crippen LogP contribution in [0.5, 0.6) is 0 Å². The highest BCUT2D eigenvalue weighted by molar-refractivity contribution is 5.21. The Morgan fingerprint density at radius 2 is 1.65 bits per heavy atom. The van der Waals surface area contributed by atoms with E-state index < -0.39 is 0 Å². The fourth-order valence-electron chi connectivity index (χ4n) is 1.77. The molecule has 0 aliphatic carbocycles. The molecule has 3 nitrogen and oxygen atoms in total. The summed E-state index contributed by atoms with van der Waals surface area (Å²) in [4.78, 5) is 2.40. The molecule has 0 bridgehead atoms. The Morgan fingerprint density at radius 1 is 1.06 bits per heavy atom. The normalized spacial score (nSPS) is 11.1. The van der Waals surface area contributed by atoms with Crippen LogP contribution in [0, 0.1) is 0 Å². The van der Waals surface area contributed by atoms with Gasteiger partial charge in [-0.05, 0) is 24.2 Å². The zero-order chi connectivity index (χ0) is 12.5. The third-order valence-corrected chi connectivity index (χ3v) is 3.03. The van der Waals surface area contributed by atoms with E-state index in [4.69, 9.17) is 5.11 Å². The minimum atomic E-state index is 0.121. The van der Waals surface area contributed by atoms with Crippen molar-refractivity contribution in [3.05, 3.63) is 35.4 Å². The van der Waals surface area contributed by atoms with Crippen LogP contribution in [0.2, 0.25) is 0 Å². The smallest absolute Gasteiger partial charge is 0.0681 e. The summed E-state index contributed by atoms with van der Waals surface area (Å²) in [5.74, 6) is 0. The molecule has 0 unspecified atom stereocenters. The summed E-state index contributed by atoms with van der Waals surface area (Å²) in [6.07, 6.45) is 0. The lowest BCUT2D eigenvalue weighted by Crippen LogP contribution is -2.31. The highest BCUT2D eigenvalue weighted by atomic mass is 16.3. The molecule has 17 heavy (non-hydrogen) atoms. The predicted octanol–water partition coefficient (Wildman–Crippen LogP) is 1.61. The van der Waals surface area contributed by atoms with Gasteiger partial charge in [-0.3, -0.25) is 0 Å². The van der Waals surface area contributed by atoms with Crippen molar-refractivity contribution < 1.29 is 5.11 Å². The Bertz CT molecular complexity index is 294. The first-order valence-electron chi connectivity index (χ1n) is 6.41. The Kier molecular flexibility index (Phi) is 6.86. The fourth-order valence-corrected chi connectivity index (χ4v) is 1.77. The minimum absolute atomic E-state index is 0.121. The SMILES string of the molecule is CCN(CC)CCNCc1ccc(CO)cc1. The van der Waals surface area contributed by atoms with Crippen molar-refractivity contribution in [2.24, 2.45) is 0 Å². The maximum absolute atomic E-state index is 8.94. The van der Waals surface area contributed by atoms with Crippen LogP contribution in [0.15, 0.2) is 24.3 Å². The standard InChI is InChI=1S/C14H24N2O/c1-3-16(4-2)10-9-15-11-13-5-7-14(12-17)8-6-13/h5-8,15,17H,3-4,9-12H2,1-2H3. The summed E-state index contributed by atoms with van der Waals surface area (Å²) in [5.41, 5.74) is 2.23. The average molecular weight is 236 g/mol. The molecular weight excluding hydrogens is 212 g/mol. The summed E-state index contributed by atoms with van der Waals surface area (Å²) < 4.78 is 0. The summed E-state index contributed by atoms with van der Waals surface area (Å²) in [7, 11) is 0. The largest absolute Gasteiger partial charge is 0.392 e. The van der Waals surface area contributed by atoms with Gasteiger partial charge in [0.1, 0.15) is 0 Å². The van der Waals surface area contributed by atoms with Gasteiger partial charge in [0.2, 0.25) is 0 Å². The van der Waals surface area contributed by atoms with E-state index in [1.54, 1.807) is 0 Å². The first-order chi connectivity index (χ1) is 8.30. The molecule has 0 atom stereocenters. The molecule has 0 aromatic heterocycles. The Hall–Kier alpha value is -0.900. The third-order valence-electron chi connectivity index (χ3n) is 3.03. The second-order valence-corrected chi connectivity index (χ2v) is 4.18. The molecule has 0 amide bonds. The Morgan fingerprint density at radius 3 is 2.18 bits per heavy atom. The number of benzene rings is 1. The third kappa shape index (κ3) is 5.31. The number of hydrogen-bond acceptors (Lipinski definition) is 3. The van der Waals surface area contributed by atoms with Crippen LogP contribution in [-0.4, -0.2) is 36.2 Å². The average Bonchev–Trinajstić information content (AvgIpc) is 2.40. The van der Waals surface area contributed by atoms with Gasteiger partial charge in [-0.15, -0.1) is 0 Å². The van der Waals surface area contributed by atoms with Crippen molar-refractivity contribution in [3.8, 4) is 0 Å². The van der Waals surface area contributed by atoms with E-state index >= 15 is 0 Å². The van der Waals surface area contributed by atoms with Crippen molar-refractivity contribution in [3.63, 3.8) is 0 Å². The lowest BCUT2D eigenvalue weighted by Gasteiger charge is -2.18. The summed E-state index contributed by atoms with van der Waals surface area (Å²) >= 11 is 0. The zero-order valence-corrected chi connectivity index (χ0v) is 10.9. The van der Waals surface area contributed by atoms with Crippen molar-refractivity contribution in [2.75, 3.05) is 26.2 Å². The van der Waals surface area contributed by atoms with Gasteiger partial charge in [0.15, 0.2) is 0 Å². The molecule has 0 aliphatic heterocycles. The Balaban J connectivity index is 2.21. The van der Waals surface area contributed by atoms with Crippen molar-refractivity contribution >= 4 is 0 Å². The molecule has 2 N–H and O–H groups in total. The van der Waals surface area contributed by atoms with E-state index in [9.17, 15) is 0 Å². The molecule has 0 fully saturated rings. The maximum atomic E-state index is 8.94. The van der Waals surface area contributed by atoms with Gasteiger partial charge >= 0.3 is 0 Å². The van der Waals surface area contributed by atoms with Gasteiger partial charge in [0.25, 0.3) is 0 Å². The van der Waals surface area contributed by atoms with Crippen LogP contribution in [0.25, 0.3) is 0 Å². The molecular formula is C14H24N2O. The first-order valence-corrected chi connectivity index (χ1v) is 6.41. The zero-order valence-electron chi connectivity index (χ0n) is 10.9. The van der Waals surface area contributed by atoms with E-state index in [0.29, 0.717) is 0 Å². The van der Waals surface area contributed by atoms with Crippen LogP contribution < -0.4 is 5.32 Å². The highest BCUT2D eigenvalue weighted by Crippen LogP contribution is 2.03. The van der Waals surface area contributed by atoms with Gasteiger partial charge in [0, 0.05) is 19.6 Å². The van der Waals surface area contributed by atoms with Gasteiger partial charge in [0.05, 0.1) is 6.61 Å². The minimum Gasteiger partial charge on any atom is -0.392 e. The monoisotopic (exact) mass is 236 g/mol. The van der Waals surface area contributed by atoms with E-state index in [1.165, 1.54) is 5.56 Å². The number of aliphatic hydroxyl groups is 1. The lowest BCUT2D eigenvalue weighted by atomic mass is 10.1. The quantitative estimate of drug-likeness (QED) is 0.673.